The van der Waals surface area contributed by atoms with Crippen molar-refractivity contribution >= 4 is 33.2 Å². The number of imidazole rings is 1. The number of nitrogens with one attached hydrogen (secondary N) is 1. The van der Waals surface area contributed by atoms with Crippen molar-refractivity contribution in [3.63, 3.8) is 0 Å². The second-order valence-electron chi connectivity index (χ2n) is 9.15. The lowest BCUT2D eigenvalue weighted by atomic mass is 10.0. The monoisotopic (exact) mass is 528 g/mol. The normalized spacial score (nSPS) is 23.2. The van der Waals surface area contributed by atoms with E-state index in [2.05, 4.69) is 21.9 Å². The van der Waals surface area contributed by atoms with Gasteiger partial charge in [-0.2, -0.15) is 8.42 Å². The Kier molecular flexibility index (Phi) is 9.96. The number of unbranched alkanes of at least 4 members (excludes halogenated alkanes) is 6. The third-order valence-electron chi connectivity index (χ3n) is 6.30. The number of carbonyl (C=O) groups excluding carboxylic acids is 1. The number of aromatic nitrogens is 4. The largest absolute Gasteiger partial charge is 0.387 e. The molecular weight excluding hydrogens is 492 g/mol. The molecule has 13 nitrogen and oxygen atoms in total. The molecule has 1 saturated heterocycles. The smallest absolute Gasteiger partial charge is 0.362 e. The van der Waals surface area contributed by atoms with Gasteiger partial charge in [-0.3, -0.25) is 13.5 Å². The zero-order valence-electron chi connectivity index (χ0n) is 20.6. The fourth-order valence-electron chi connectivity index (χ4n) is 4.10. The molecule has 0 aromatic carbocycles. The highest BCUT2D eigenvalue weighted by atomic mass is 32.2. The van der Waals surface area contributed by atoms with Crippen LogP contribution in [0.25, 0.3) is 11.2 Å². The van der Waals surface area contributed by atoms with Gasteiger partial charge < -0.3 is 20.7 Å². The highest BCUT2D eigenvalue weighted by molar-refractivity contribution is 7.85. The van der Waals surface area contributed by atoms with E-state index in [4.69, 9.17) is 14.7 Å². The van der Waals surface area contributed by atoms with E-state index in [1.807, 2.05) is 4.72 Å². The van der Waals surface area contributed by atoms with Crippen LogP contribution in [-0.4, -0.2) is 69.0 Å². The van der Waals surface area contributed by atoms with Crippen molar-refractivity contribution in [1.29, 1.82) is 0 Å². The van der Waals surface area contributed by atoms with Crippen molar-refractivity contribution in [3.05, 3.63) is 12.7 Å². The van der Waals surface area contributed by atoms with Gasteiger partial charge in [0.05, 0.1) is 12.9 Å². The number of hydrogen-bond donors (Lipinski definition) is 4. The minimum Gasteiger partial charge on any atom is -0.387 e. The number of ether oxygens (including phenoxy) is 1. The number of hydrogen-bond acceptors (Lipinski definition) is 11. The molecular formula is C22H36N6O7S. The van der Waals surface area contributed by atoms with Crippen LogP contribution in [0, 0.1) is 5.92 Å². The van der Waals surface area contributed by atoms with Gasteiger partial charge >= 0.3 is 10.3 Å². The number of nitrogens with two attached hydrogens (primary N) is 1. The predicted molar refractivity (Wildman–Crippen MR) is 130 cm³/mol. The first-order chi connectivity index (χ1) is 17.1. The molecule has 1 aliphatic heterocycles. The van der Waals surface area contributed by atoms with Crippen LogP contribution in [-0.2, 0) is 24.0 Å². The van der Waals surface area contributed by atoms with Crippen LogP contribution < -0.4 is 10.5 Å². The molecule has 3 heterocycles. The molecule has 3 rings (SSSR count). The number of amides is 1. The lowest BCUT2D eigenvalue weighted by Crippen LogP contribution is -2.39. The minimum absolute atomic E-state index is 0.134. The number of carbonyl (C=O) groups is 1. The number of nitrogen functional groups attached to an aromatic ring is 1. The highest BCUT2D eigenvalue weighted by Crippen LogP contribution is 2.32. The third-order valence-corrected chi connectivity index (χ3v) is 7.20. The zero-order chi connectivity index (χ0) is 26.3. The molecule has 2 aromatic rings. The van der Waals surface area contributed by atoms with E-state index in [0.717, 1.165) is 19.3 Å². The summed E-state index contributed by atoms with van der Waals surface area (Å²) in [4.78, 5) is 24.3. The van der Waals surface area contributed by atoms with E-state index in [-0.39, 0.29) is 11.5 Å². The summed E-state index contributed by atoms with van der Waals surface area (Å²) in [5.74, 6) is -1.02. The lowest BCUT2D eigenvalue weighted by molar-refractivity contribution is -0.123. The Morgan fingerprint density at radius 3 is 2.58 bits per heavy atom. The Balaban J connectivity index is 1.48. The van der Waals surface area contributed by atoms with Crippen LogP contribution >= 0.6 is 0 Å². The Bertz CT molecular complexity index is 1110. The topological polar surface area (TPSA) is 192 Å². The first kappa shape index (κ1) is 28.2. The molecule has 14 heteroatoms. The standard InChI is InChI=1S/C22H36N6O7S/c1-3-4-5-6-7-8-9-10-14(2)21(31)27-36(32,33)34-11-15-17(29)18(30)22(35-15)28-13-26-16-19(23)24-12-25-20(16)28/h12-15,17-18,22,29-30H,3-11H2,1-2H3,(H,27,31)(H2,23,24,25)/t14-,15-,17-,18-,22-/m1/s1. The SMILES string of the molecule is CCCCCCCCC[C@@H](C)C(=O)NS(=O)(=O)OC[C@H]1O[C@@H](n2cnc3c(N)ncnc32)[C@H](O)[C@@H]1O. The molecule has 0 aliphatic carbocycles. The van der Waals surface area contributed by atoms with Crippen molar-refractivity contribution in [2.75, 3.05) is 12.3 Å². The minimum atomic E-state index is -4.44. The number of rotatable bonds is 14. The van der Waals surface area contributed by atoms with Gasteiger partial charge in [-0.1, -0.05) is 58.8 Å². The van der Waals surface area contributed by atoms with Crippen LogP contribution in [0.1, 0.15) is 71.4 Å². The number of aliphatic hydroxyl groups is 2. The number of aliphatic hydroxyl groups excluding tert-OH is 2. The molecule has 0 bridgehead atoms. The molecule has 5 atom stereocenters. The van der Waals surface area contributed by atoms with E-state index < -0.39 is 53.3 Å². The van der Waals surface area contributed by atoms with E-state index in [9.17, 15) is 23.4 Å². The third kappa shape index (κ3) is 7.09. The van der Waals surface area contributed by atoms with Crippen LogP contribution in [0.5, 0.6) is 0 Å². The highest BCUT2D eigenvalue weighted by Gasteiger charge is 2.45. The summed E-state index contributed by atoms with van der Waals surface area (Å²) in [5.41, 5.74) is 6.33. The van der Waals surface area contributed by atoms with Gasteiger partial charge in [-0.15, -0.1) is 0 Å². The molecule has 0 unspecified atom stereocenters. The Labute approximate surface area is 210 Å². The van der Waals surface area contributed by atoms with Crippen LogP contribution in [0.2, 0.25) is 0 Å². The summed E-state index contributed by atoms with van der Waals surface area (Å²) in [7, 11) is -4.44. The van der Waals surface area contributed by atoms with E-state index >= 15 is 0 Å². The fourth-order valence-corrected chi connectivity index (χ4v) is 4.92. The van der Waals surface area contributed by atoms with Crippen molar-refractivity contribution < 1.29 is 32.3 Å². The molecule has 1 amide bonds. The van der Waals surface area contributed by atoms with E-state index in [0.29, 0.717) is 11.9 Å². The van der Waals surface area contributed by atoms with Crippen molar-refractivity contribution in [1.82, 2.24) is 24.2 Å². The zero-order valence-corrected chi connectivity index (χ0v) is 21.4. The van der Waals surface area contributed by atoms with Gasteiger partial charge in [-0.05, 0) is 6.42 Å². The molecule has 1 fully saturated rings. The molecule has 202 valence electrons. The lowest BCUT2D eigenvalue weighted by Gasteiger charge is -2.16. The number of nitrogens with zero attached hydrogens (tertiary/aromatic N) is 4. The maximum Gasteiger partial charge on any atom is 0.362 e. The average molecular weight is 529 g/mol. The Morgan fingerprint density at radius 1 is 1.17 bits per heavy atom. The molecule has 0 radical (unpaired) electrons. The van der Waals surface area contributed by atoms with Crippen LogP contribution in [0.15, 0.2) is 12.7 Å². The quantitative estimate of drug-likeness (QED) is 0.257. The van der Waals surface area contributed by atoms with E-state index in [1.165, 1.54) is 42.9 Å². The molecule has 0 spiro atoms. The second-order valence-corrected chi connectivity index (χ2v) is 10.5. The molecule has 36 heavy (non-hydrogen) atoms. The Hall–Kier alpha value is -2.39. The van der Waals surface area contributed by atoms with Gasteiger partial charge in [0, 0.05) is 5.92 Å². The Morgan fingerprint density at radius 2 is 1.86 bits per heavy atom. The molecule has 5 N–H and O–H groups in total. The molecule has 1 aliphatic rings. The maximum atomic E-state index is 12.3. The molecule has 2 aromatic heterocycles. The van der Waals surface area contributed by atoms with Gasteiger partial charge in [0.2, 0.25) is 5.91 Å². The molecule has 0 saturated carbocycles. The van der Waals surface area contributed by atoms with Crippen molar-refractivity contribution in [3.8, 4) is 0 Å². The summed E-state index contributed by atoms with van der Waals surface area (Å²) >= 11 is 0. The fraction of sp³-hybridized carbons (Fsp3) is 0.727. The predicted octanol–water partition coefficient (Wildman–Crippen LogP) is 1.18. The summed E-state index contributed by atoms with van der Waals surface area (Å²) in [5, 5.41) is 20.8. The van der Waals surface area contributed by atoms with Crippen LogP contribution in [0.3, 0.4) is 0 Å². The average Bonchev–Trinajstić information content (AvgIpc) is 3.38. The summed E-state index contributed by atoms with van der Waals surface area (Å²) in [6, 6.07) is 0. The van der Waals surface area contributed by atoms with Gasteiger partial charge in [-0.25, -0.2) is 19.7 Å². The second kappa shape index (κ2) is 12.7. The summed E-state index contributed by atoms with van der Waals surface area (Å²) in [6.07, 6.45) is 5.63. The van der Waals surface area contributed by atoms with Gasteiger partial charge in [0.15, 0.2) is 17.7 Å². The summed E-state index contributed by atoms with van der Waals surface area (Å²) in [6.45, 7) is 3.21. The number of fused-ring (bicyclic) bond motifs is 1. The maximum absolute atomic E-state index is 12.3. The van der Waals surface area contributed by atoms with Crippen LogP contribution in [0.4, 0.5) is 5.82 Å². The van der Waals surface area contributed by atoms with E-state index in [1.54, 1.807) is 6.92 Å². The first-order valence-electron chi connectivity index (χ1n) is 12.3. The summed E-state index contributed by atoms with van der Waals surface area (Å²) < 4.78 is 38.4. The van der Waals surface area contributed by atoms with Gasteiger partial charge in [0.25, 0.3) is 0 Å². The number of anilines is 1. The van der Waals surface area contributed by atoms with Crippen molar-refractivity contribution in [2.24, 2.45) is 5.92 Å². The van der Waals surface area contributed by atoms with Crippen molar-refractivity contribution in [2.45, 2.75) is 89.8 Å². The first-order valence-corrected chi connectivity index (χ1v) is 13.7. The van der Waals surface area contributed by atoms with Gasteiger partial charge in [0.1, 0.15) is 30.2 Å².